The van der Waals surface area contributed by atoms with Gasteiger partial charge in [0.05, 0.1) is 10.6 Å². The number of hydrogen-bond donors (Lipinski definition) is 0. The van der Waals surface area contributed by atoms with Crippen LogP contribution in [0.1, 0.15) is 26.7 Å². The molecule has 1 rings (SSSR count). The van der Waals surface area contributed by atoms with Crippen LogP contribution >= 0.6 is 11.6 Å². The standard InChI is InChI=1S/C14H22ClNO2S/c1-3-5-11-16(12-10-15)13-6-8-14(9-7-13)19(17,18)4-2/h6-9H,3-5,10-12H2,1-2H3. The quantitative estimate of drug-likeness (QED) is 0.691. The van der Waals surface area contributed by atoms with E-state index in [0.29, 0.717) is 10.8 Å². The van der Waals surface area contributed by atoms with E-state index in [4.69, 9.17) is 11.6 Å². The third-order valence-corrected chi connectivity index (χ3v) is 5.00. The molecule has 5 heteroatoms. The smallest absolute Gasteiger partial charge is 0.178 e. The summed E-state index contributed by atoms with van der Waals surface area (Å²) >= 11 is 5.81. The van der Waals surface area contributed by atoms with Gasteiger partial charge in [0, 0.05) is 24.7 Å². The molecule has 0 heterocycles. The summed E-state index contributed by atoms with van der Waals surface area (Å²) in [5, 5.41) is 0. The fourth-order valence-corrected chi connectivity index (χ4v) is 2.94. The van der Waals surface area contributed by atoms with Crippen molar-refractivity contribution in [1.82, 2.24) is 0 Å². The lowest BCUT2D eigenvalue weighted by Gasteiger charge is -2.24. The Morgan fingerprint density at radius 3 is 2.21 bits per heavy atom. The number of nitrogens with zero attached hydrogens (tertiary/aromatic N) is 1. The highest BCUT2D eigenvalue weighted by Crippen LogP contribution is 2.19. The molecule has 0 aliphatic rings. The van der Waals surface area contributed by atoms with Gasteiger partial charge in [0.25, 0.3) is 0 Å². The van der Waals surface area contributed by atoms with E-state index in [1.807, 2.05) is 12.1 Å². The fourth-order valence-electron chi connectivity index (χ4n) is 1.85. The molecule has 0 aliphatic heterocycles. The minimum absolute atomic E-state index is 0.133. The lowest BCUT2D eigenvalue weighted by atomic mass is 10.2. The highest BCUT2D eigenvalue weighted by atomic mass is 35.5. The Morgan fingerprint density at radius 2 is 1.74 bits per heavy atom. The van der Waals surface area contributed by atoms with Crippen LogP contribution in [0.25, 0.3) is 0 Å². The van der Waals surface area contributed by atoms with Crippen LogP contribution in [0.15, 0.2) is 29.2 Å². The van der Waals surface area contributed by atoms with Crippen molar-refractivity contribution in [1.29, 1.82) is 0 Å². The molecule has 0 spiro atoms. The van der Waals surface area contributed by atoms with Crippen LogP contribution in [0, 0.1) is 0 Å². The zero-order chi connectivity index (χ0) is 14.3. The van der Waals surface area contributed by atoms with Crippen LogP contribution < -0.4 is 4.90 Å². The van der Waals surface area contributed by atoms with Crippen molar-refractivity contribution < 1.29 is 8.42 Å². The third kappa shape index (κ3) is 4.69. The highest BCUT2D eigenvalue weighted by Gasteiger charge is 2.12. The third-order valence-electron chi connectivity index (χ3n) is 3.08. The summed E-state index contributed by atoms with van der Waals surface area (Å²) in [4.78, 5) is 2.58. The van der Waals surface area contributed by atoms with Gasteiger partial charge in [-0.05, 0) is 30.7 Å². The molecule has 19 heavy (non-hydrogen) atoms. The molecule has 0 aromatic heterocycles. The fraction of sp³-hybridized carbons (Fsp3) is 0.571. The molecular formula is C14H22ClNO2S. The molecule has 0 saturated carbocycles. The van der Waals surface area contributed by atoms with Gasteiger partial charge in [-0.25, -0.2) is 8.42 Å². The lowest BCUT2D eigenvalue weighted by molar-refractivity contribution is 0.597. The van der Waals surface area contributed by atoms with Gasteiger partial charge in [0.15, 0.2) is 9.84 Å². The van der Waals surface area contributed by atoms with Crippen LogP contribution in [0.4, 0.5) is 5.69 Å². The first kappa shape index (κ1) is 16.3. The van der Waals surface area contributed by atoms with E-state index in [1.54, 1.807) is 19.1 Å². The van der Waals surface area contributed by atoms with Gasteiger partial charge in [-0.1, -0.05) is 20.3 Å². The monoisotopic (exact) mass is 303 g/mol. The molecule has 0 aliphatic carbocycles. The largest absolute Gasteiger partial charge is 0.370 e. The minimum Gasteiger partial charge on any atom is -0.370 e. The van der Waals surface area contributed by atoms with Crippen molar-refractivity contribution >= 4 is 27.1 Å². The van der Waals surface area contributed by atoms with E-state index in [2.05, 4.69) is 11.8 Å². The van der Waals surface area contributed by atoms with E-state index in [1.165, 1.54) is 0 Å². The van der Waals surface area contributed by atoms with Crippen molar-refractivity contribution in [3.63, 3.8) is 0 Å². The molecular weight excluding hydrogens is 282 g/mol. The molecule has 0 atom stereocenters. The summed E-state index contributed by atoms with van der Waals surface area (Å²) in [5.74, 6) is 0.701. The summed E-state index contributed by atoms with van der Waals surface area (Å²) in [6, 6.07) is 7.10. The first-order valence-electron chi connectivity index (χ1n) is 6.69. The maximum atomic E-state index is 11.7. The van der Waals surface area contributed by atoms with Crippen molar-refractivity contribution in [3.8, 4) is 0 Å². The molecule has 0 bridgehead atoms. The second kappa shape index (κ2) is 7.75. The first-order chi connectivity index (χ1) is 9.05. The number of halogens is 1. The molecule has 0 N–H and O–H groups in total. The average Bonchev–Trinajstić information content (AvgIpc) is 2.43. The zero-order valence-corrected chi connectivity index (χ0v) is 13.2. The van der Waals surface area contributed by atoms with Gasteiger partial charge in [-0.15, -0.1) is 11.6 Å². The zero-order valence-electron chi connectivity index (χ0n) is 11.6. The van der Waals surface area contributed by atoms with E-state index < -0.39 is 9.84 Å². The number of sulfone groups is 1. The summed E-state index contributed by atoms with van der Waals surface area (Å²) in [6.07, 6.45) is 2.23. The summed E-state index contributed by atoms with van der Waals surface area (Å²) in [7, 11) is -3.11. The predicted molar refractivity (Wildman–Crippen MR) is 82.0 cm³/mol. The SMILES string of the molecule is CCCCN(CCCl)c1ccc(S(=O)(=O)CC)cc1. The van der Waals surface area contributed by atoms with Gasteiger partial charge < -0.3 is 4.90 Å². The molecule has 0 saturated heterocycles. The van der Waals surface area contributed by atoms with Crippen molar-refractivity contribution in [3.05, 3.63) is 24.3 Å². The molecule has 0 unspecified atom stereocenters. The highest BCUT2D eigenvalue weighted by molar-refractivity contribution is 7.91. The Bertz CT molecular complexity index is 471. The Labute approximate surface area is 121 Å². The molecule has 0 amide bonds. The number of anilines is 1. The Morgan fingerprint density at radius 1 is 1.11 bits per heavy atom. The molecule has 108 valence electrons. The molecule has 0 fully saturated rings. The average molecular weight is 304 g/mol. The molecule has 1 aromatic carbocycles. The Hall–Kier alpha value is -0.740. The second-order valence-corrected chi connectivity index (χ2v) is 7.08. The van der Waals surface area contributed by atoms with E-state index in [-0.39, 0.29) is 5.75 Å². The molecule has 0 radical (unpaired) electrons. The topological polar surface area (TPSA) is 37.4 Å². The summed E-state index contributed by atoms with van der Waals surface area (Å²) in [5.41, 5.74) is 1.03. The van der Waals surface area contributed by atoms with Crippen molar-refractivity contribution in [2.75, 3.05) is 29.6 Å². The minimum atomic E-state index is -3.11. The first-order valence-corrected chi connectivity index (χ1v) is 8.87. The van der Waals surface area contributed by atoms with Crippen LogP contribution in [-0.2, 0) is 9.84 Å². The lowest BCUT2D eigenvalue weighted by Crippen LogP contribution is -2.26. The van der Waals surface area contributed by atoms with Crippen molar-refractivity contribution in [2.24, 2.45) is 0 Å². The van der Waals surface area contributed by atoms with Gasteiger partial charge in [0.2, 0.25) is 0 Å². The van der Waals surface area contributed by atoms with Crippen LogP contribution in [0.2, 0.25) is 0 Å². The normalized spacial score (nSPS) is 11.5. The summed E-state index contributed by atoms with van der Waals surface area (Å²) in [6.45, 7) is 5.53. The summed E-state index contributed by atoms with van der Waals surface area (Å²) < 4.78 is 23.5. The van der Waals surface area contributed by atoms with E-state index >= 15 is 0 Å². The van der Waals surface area contributed by atoms with Gasteiger partial charge in [-0.2, -0.15) is 0 Å². The van der Waals surface area contributed by atoms with E-state index in [9.17, 15) is 8.42 Å². The maximum absolute atomic E-state index is 11.7. The van der Waals surface area contributed by atoms with E-state index in [0.717, 1.165) is 31.6 Å². The van der Waals surface area contributed by atoms with Gasteiger partial charge >= 0.3 is 0 Å². The van der Waals surface area contributed by atoms with Gasteiger partial charge in [-0.3, -0.25) is 0 Å². The van der Waals surface area contributed by atoms with Crippen LogP contribution in [0.3, 0.4) is 0 Å². The van der Waals surface area contributed by atoms with Crippen molar-refractivity contribution in [2.45, 2.75) is 31.6 Å². The number of rotatable bonds is 8. The molecule has 3 nitrogen and oxygen atoms in total. The van der Waals surface area contributed by atoms with Crippen LogP contribution in [-0.4, -0.2) is 33.1 Å². The maximum Gasteiger partial charge on any atom is 0.178 e. The number of hydrogen-bond acceptors (Lipinski definition) is 3. The molecule has 1 aromatic rings. The number of benzene rings is 1. The predicted octanol–water partition coefficient (Wildman–Crippen LogP) is 3.33. The van der Waals surface area contributed by atoms with Crippen LogP contribution in [0.5, 0.6) is 0 Å². The number of unbranched alkanes of at least 4 members (excludes halogenated alkanes) is 1. The number of alkyl halides is 1. The Kier molecular flexibility index (Phi) is 6.66. The Balaban J connectivity index is 2.88. The van der Waals surface area contributed by atoms with Gasteiger partial charge in [0.1, 0.15) is 0 Å². The second-order valence-electron chi connectivity index (χ2n) is 4.43.